The largest absolute Gasteiger partial charge is 0.380 e. The number of hydrogen-bond acceptors (Lipinski definition) is 5. The van der Waals surface area contributed by atoms with Crippen molar-refractivity contribution in [3.63, 3.8) is 0 Å². The fourth-order valence-electron chi connectivity index (χ4n) is 3.09. The van der Waals surface area contributed by atoms with Crippen molar-refractivity contribution < 1.29 is 13.2 Å². The molecule has 6 heteroatoms. The molecule has 0 spiro atoms. The summed E-state index contributed by atoms with van der Waals surface area (Å²) in [6.45, 7) is 6.16. The zero-order valence-electron chi connectivity index (χ0n) is 11.8. The lowest BCUT2D eigenvalue weighted by atomic mass is 10.1. The second-order valence-electron chi connectivity index (χ2n) is 5.50. The Morgan fingerprint density at radius 1 is 1.21 bits per heavy atom. The van der Waals surface area contributed by atoms with Crippen LogP contribution in [0.25, 0.3) is 0 Å². The summed E-state index contributed by atoms with van der Waals surface area (Å²) < 4.78 is 29.1. The molecule has 0 aliphatic carbocycles. The van der Waals surface area contributed by atoms with Crippen molar-refractivity contribution in [3.8, 4) is 0 Å². The van der Waals surface area contributed by atoms with Gasteiger partial charge in [0, 0.05) is 25.2 Å². The first-order valence-corrected chi connectivity index (χ1v) is 9.20. The van der Waals surface area contributed by atoms with Crippen LogP contribution in [-0.4, -0.2) is 69.8 Å². The topological polar surface area (TPSA) is 58.6 Å². The number of sulfone groups is 1. The Kier molecular flexibility index (Phi) is 5.62. The molecule has 2 aliphatic rings. The maximum absolute atomic E-state index is 11.9. The summed E-state index contributed by atoms with van der Waals surface area (Å²) in [7, 11) is -2.88. The summed E-state index contributed by atoms with van der Waals surface area (Å²) in [5, 5.41) is 3.37. The van der Waals surface area contributed by atoms with E-state index in [9.17, 15) is 8.42 Å². The van der Waals surface area contributed by atoms with Crippen LogP contribution in [0.5, 0.6) is 0 Å². The number of nitrogens with zero attached hydrogens (tertiary/aromatic N) is 1. The van der Waals surface area contributed by atoms with Gasteiger partial charge < -0.3 is 10.1 Å². The molecule has 0 aromatic rings. The van der Waals surface area contributed by atoms with Crippen LogP contribution in [0.3, 0.4) is 0 Å². The SMILES string of the molecule is CCOCCN[C@H]1CS(=O)(=O)C[C@H]1N1CCCCC1. The third-order valence-electron chi connectivity index (χ3n) is 4.04. The number of piperidine rings is 1. The fourth-order valence-corrected chi connectivity index (χ4v) is 5.08. The highest BCUT2D eigenvalue weighted by atomic mass is 32.2. The Labute approximate surface area is 116 Å². The zero-order chi connectivity index (χ0) is 13.7. The molecule has 0 bridgehead atoms. The minimum Gasteiger partial charge on any atom is -0.380 e. The van der Waals surface area contributed by atoms with Gasteiger partial charge in [0.15, 0.2) is 9.84 Å². The van der Waals surface area contributed by atoms with Crippen molar-refractivity contribution in [2.75, 3.05) is 44.4 Å². The van der Waals surface area contributed by atoms with Gasteiger partial charge in [0.1, 0.15) is 0 Å². The Balaban J connectivity index is 1.89. The Morgan fingerprint density at radius 3 is 2.63 bits per heavy atom. The lowest BCUT2D eigenvalue weighted by Crippen LogP contribution is -2.51. The molecule has 0 saturated carbocycles. The maximum atomic E-state index is 11.9. The van der Waals surface area contributed by atoms with Crippen molar-refractivity contribution in [1.82, 2.24) is 10.2 Å². The van der Waals surface area contributed by atoms with Crippen LogP contribution in [0.15, 0.2) is 0 Å². The van der Waals surface area contributed by atoms with Crippen LogP contribution in [0.2, 0.25) is 0 Å². The van der Waals surface area contributed by atoms with E-state index in [2.05, 4.69) is 10.2 Å². The van der Waals surface area contributed by atoms with Gasteiger partial charge in [0.05, 0.1) is 18.1 Å². The van der Waals surface area contributed by atoms with Crippen LogP contribution in [0.1, 0.15) is 26.2 Å². The number of nitrogens with one attached hydrogen (secondary N) is 1. The first kappa shape index (κ1) is 15.2. The van der Waals surface area contributed by atoms with Crippen molar-refractivity contribution in [1.29, 1.82) is 0 Å². The van der Waals surface area contributed by atoms with Gasteiger partial charge in [0.25, 0.3) is 0 Å². The average molecular weight is 290 g/mol. The van der Waals surface area contributed by atoms with E-state index in [0.717, 1.165) is 19.6 Å². The minimum atomic E-state index is -2.88. The molecule has 2 heterocycles. The van der Waals surface area contributed by atoms with Gasteiger partial charge >= 0.3 is 0 Å². The van der Waals surface area contributed by atoms with Crippen LogP contribution in [-0.2, 0) is 14.6 Å². The van der Waals surface area contributed by atoms with Crippen molar-refractivity contribution in [3.05, 3.63) is 0 Å². The molecule has 19 heavy (non-hydrogen) atoms. The highest BCUT2D eigenvalue weighted by Crippen LogP contribution is 2.22. The molecule has 2 aliphatic heterocycles. The Morgan fingerprint density at radius 2 is 1.95 bits per heavy atom. The first-order chi connectivity index (χ1) is 9.12. The number of likely N-dealkylation sites (tertiary alicyclic amines) is 1. The van der Waals surface area contributed by atoms with E-state index >= 15 is 0 Å². The minimum absolute atomic E-state index is 0.0727. The molecule has 0 amide bonds. The van der Waals surface area contributed by atoms with E-state index in [1.807, 2.05) is 6.92 Å². The van der Waals surface area contributed by atoms with Gasteiger partial charge in [0.2, 0.25) is 0 Å². The molecule has 0 aromatic carbocycles. The summed E-state index contributed by atoms with van der Waals surface area (Å²) in [4.78, 5) is 2.37. The third kappa shape index (κ3) is 4.41. The second kappa shape index (κ2) is 7.02. The monoisotopic (exact) mass is 290 g/mol. The molecule has 2 rings (SSSR count). The van der Waals surface area contributed by atoms with Crippen molar-refractivity contribution in [2.45, 2.75) is 38.3 Å². The average Bonchev–Trinajstić information content (AvgIpc) is 2.71. The summed E-state index contributed by atoms with van der Waals surface area (Å²) in [5.41, 5.74) is 0. The molecule has 0 aromatic heterocycles. The zero-order valence-corrected chi connectivity index (χ0v) is 12.6. The smallest absolute Gasteiger partial charge is 0.153 e. The molecule has 2 saturated heterocycles. The highest BCUT2D eigenvalue weighted by Gasteiger charge is 2.40. The number of ether oxygens (including phenoxy) is 1. The van der Waals surface area contributed by atoms with Crippen LogP contribution in [0.4, 0.5) is 0 Å². The molecular formula is C13H26N2O3S. The van der Waals surface area contributed by atoms with E-state index in [4.69, 9.17) is 4.74 Å². The number of hydrogen-bond donors (Lipinski definition) is 1. The molecule has 2 fully saturated rings. The van der Waals surface area contributed by atoms with E-state index < -0.39 is 9.84 Å². The van der Waals surface area contributed by atoms with Gasteiger partial charge in [-0.1, -0.05) is 6.42 Å². The van der Waals surface area contributed by atoms with Gasteiger partial charge in [-0.2, -0.15) is 0 Å². The fraction of sp³-hybridized carbons (Fsp3) is 1.00. The third-order valence-corrected chi connectivity index (χ3v) is 5.76. The first-order valence-electron chi connectivity index (χ1n) is 7.38. The Hall–Kier alpha value is -0.170. The highest BCUT2D eigenvalue weighted by molar-refractivity contribution is 7.91. The second-order valence-corrected chi connectivity index (χ2v) is 7.65. The summed E-state index contributed by atoms with van der Waals surface area (Å²) in [6, 6.07) is 0.232. The van der Waals surface area contributed by atoms with Crippen molar-refractivity contribution in [2.24, 2.45) is 0 Å². The normalized spacial score (nSPS) is 31.6. The van der Waals surface area contributed by atoms with E-state index in [-0.39, 0.29) is 17.8 Å². The maximum Gasteiger partial charge on any atom is 0.153 e. The molecule has 2 atom stereocenters. The van der Waals surface area contributed by atoms with Crippen molar-refractivity contribution >= 4 is 9.84 Å². The lowest BCUT2D eigenvalue weighted by Gasteiger charge is -2.35. The van der Waals surface area contributed by atoms with Crippen LogP contribution < -0.4 is 5.32 Å². The molecule has 112 valence electrons. The summed E-state index contributed by atoms with van der Waals surface area (Å²) in [5.74, 6) is 0.597. The van der Waals surface area contributed by atoms with Crippen LogP contribution >= 0.6 is 0 Å². The summed E-state index contributed by atoms with van der Waals surface area (Å²) in [6.07, 6.45) is 3.67. The van der Waals surface area contributed by atoms with Gasteiger partial charge in [-0.25, -0.2) is 8.42 Å². The molecule has 5 nitrogen and oxygen atoms in total. The predicted molar refractivity (Wildman–Crippen MR) is 76.1 cm³/mol. The predicted octanol–water partition coefficient (Wildman–Crippen LogP) is 0.264. The number of rotatable bonds is 6. The van der Waals surface area contributed by atoms with Gasteiger partial charge in [-0.05, 0) is 32.9 Å². The molecule has 0 radical (unpaired) electrons. The quantitative estimate of drug-likeness (QED) is 0.711. The van der Waals surface area contributed by atoms with E-state index in [0.29, 0.717) is 19.0 Å². The van der Waals surface area contributed by atoms with E-state index in [1.54, 1.807) is 0 Å². The summed E-state index contributed by atoms with van der Waals surface area (Å²) >= 11 is 0. The Bertz CT molecular complexity index is 366. The lowest BCUT2D eigenvalue weighted by molar-refractivity contribution is 0.131. The standard InChI is InChI=1S/C13H26N2O3S/c1-2-18-9-6-14-12-10-19(16,17)11-13(12)15-7-4-3-5-8-15/h12-14H,2-11H2,1H3/t12-,13+/m0/s1. The molecular weight excluding hydrogens is 264 g/mol. The van der Waals surface area contributed by atoms with Gasteiger partial charge in [-0.15, -0.1) is 0 Å². The van der Waals surface area contributed by atoms with Gasteiger partial charge in [-0.3, -0.25) is 4.90 Å². The molecule has 1 N–H and O–H groups in total. The van der Waals surface area contributed by atoms with E-state index in [1.165, 1.54) is 19.3 Å². The molecule has 0 unspecified atom stereocenters. The van der Waals surface area contributed by atoms with Crippen LogP contribution in [0, 0.1) is 0 Å².